The zero-order valence-corrected chi connectivity index (χ0v) is 54.5. The summed E-state index contributed by atoms with van der Waals surface area (Å²) in [5, 5.41) is 13.7. The van der Waals surface area contributed by atoms with Crippen LogP contribution in [0, 0.1) is 57.2 Å². The molecule has 13 rings (SSSR count). The third kappa shape index (κ3) is 16.3. The van der Waals surface area contributed by atoms with Crippen molar-refractivity contribution in [1.29, 1.82) is 0 Å². The molecule has 0 radical (unpaired) electrons. The Hall–Kier alpha value is -8.74. The van der Waals surface area contributed by atoms with Crippen molar-refractivity contribution in [3.63, 3.8) is 0 Å². The highest BCUT2D eigenvalue weighted by molar-refractivity contribution is 6.12. The monoisotopic (exact) mass is 1260 g/mol. The lowest BCUT2D eigenvalue weighted by Crippen LogP contribution is -2.54. The van der Waals surface area contributed by atoms with Crippen LogP contribution in [0.1, 0.15) is 172 Å². The Labute approximate surface area is 538 Å². The van der Waals surface area contributed by atoms with Gasteiger partial charge in [-0.15, -0.1) is 0 Å². The van der Waals surface area contributed by atoms with E-state index in [1.54, 1.807) is 63.2 Å². The van der Waals surface area contributed by atoms with E-state index < -0.39 is 70.4 Å². The van der Waals surface area contributed by atoms with Crippen molar-refractivity contribution in [1.82, 2.24) is 26.6 Å². The van der Waals surface area contributed by atoms with Gasteiger partial charge >= 0.3 is 11.9 Å². The van der Waals surface area contributed by atoms with Gasteiger partial charge in [0.05, 0.1) is 10.8 Å². The normalized spacial score (nSPS) is 27.0. The molecule has 9 aliphatic carbocycles. The van der Waals surface area contributed by atoms with Crippen LogP contribution < -0.4 is 26.6 Å². The van der Waals surface area contributed by atoms with Crippen LogP contribution in [0.3, 0.4) is 0 Å². The highest BCUT2D eigenvalue weighted by atomic mass is 16.6. The third-order valence-corrected chi connectivity index (χ3v) is 20.1. The molecular formula is C73H89N5O14. The minimum absolute atomic E-state index is 0.102. The minimum atomic E-state index is -1.25. The van der Waals surface area contributed by atoms with Crippen molar-refractivity contribution in [2.45, 2.75) is 157 Å². The Morgan fingerprint density at radius 2 is 0.913 bits per heavy atom. The molecule has 19 heteroatoms. The Balaban J connectivity index is 0.000000164. The quantitative estimate of drug-likeness (QED) is 0.0786. The largest absolute Gasteiger partial charge is 0.452 e. The van der Waals surface area contributed by atoms with Crippen molar-refractivity contribution in [2.24, 2.45) is 57.2 Å². The first-order valence-electron chi connectivity index (χ1n) is 31.6. The van der Waals surface area contributed by atoms with E-state index in [1.165, 1.54) is 71.6 Å². The van der Waals surface area contributed by atoms with Gasteiger partial charge in [0.15, 0.2) is 12.2 Å². The summed E-state index contributed by atoms with van der Waals surface area (Å²) in [6.45, 7) is 30.3. The molecule has 1 aliphatic heterocycles. The van der Waals surface area contributed by atoms with Crippen molar-refractivity contribution in [3.8, 4) is 0 Å². The van der Waals surface area contributed by atoms with Gasteiger partial charge in [0.1, 0.15) is 0 Å². The van der Waals surface area contributed by atoms with E-state index in [0.717, 1.165) is 47.8 Å². The fourth-order valence-electron chi connectivity index (χ4n) is 15.6. The Kier molecular flexibility index (Phi) is 22.2. The van der Waals surface area contributed by atoms with Gasteiger partial charge in [0.25, 0.3) is 47.3 Å². The van der Waals surface area contributed by atoms with Crippen molar-refractivity contribution < 1.29 is 67.0 Å². The van der Waals surface area contributed by atoms with E-state index >= 15 is 0 Å². The van der Waals surface area contributed by atoms with E-state index in [9.17, 15) is 57.5 Å². The average Bonchev–Trinajstić information content (AvgIpc) is 1.51. The number of nitrogens with one attached hydrogen (secondary N) is 5. The lowest BCUT2D eigenvalue weighted by atomic mass is 9.49. The number of hydrogen-bond acceptors (Lipinski definition) is 14. The fourth-order valence-corrected chi connectivity index (χ4v) is 15.6. The Morgan fingerprint density at radius 3 is 1.36 bits per heavy atom. The molecule has 10 bridgehead atoms. The number of esters is 2. The maximum Gasteiger partial charge on any atom is 0.333 e. The third-order valence-electron chi connectivity index (χ3n) is 20.1. The fraction of sp³-hybridized carbons (Fsp3) is 0.479. The first-order valence-corrected chi connectivity index (χ1v) is 31.6. The highest BCUT2D eigenvalue weighted by Gasteiger charge is 2.76. The van der Waals surface area contributed by atoms with Gasteiger partial charge in [-0.2, -0.15) is 0 Å². The molecule has 3 aromatic rings. The number of ether oxygens (including phenoxy) is 2. The number of fused-ring (bicyclic) bond motifs is 3. The molecule has 1 heterocycles. The minimum Gasteiger partial charge on any atom is -0.452 e. The molecule has 2 unspecified atom stereocenters. The highest BCUT2D eigenvalue weighted by Crippen LogP contribution is 2.66. The molecule has 10 aliphatic rings. The molecular weight excluding hydrogens is 1170 g/mol. The van der Waals surface area contributed by atoms with E-state index in [4.69, 9.17) is 9.47 Å². The van der Waals surface area contributed by atoms with Crippen LogP contribution in [0.15, 0.2) is 134 Å². The maximum atomic E-state index is 12.6. The maximum absolute atomic E-state index is 12.6. The predicted molar refractivity (Wildman–Crippen MR) is 346 cm³/mol. The molecule has 5 N–H and O–H groups in total. The molecule has 92 heavy (non-hydrogen) atoms. The molecule has 10 fully saturated rings. The smallest absolute Gasteiger partial charge is 0.333 e. The predicted octanol–water partition coefficient (Wildman–Crippen LogP) is 10.3. The number of benzene rings is 3. The Bertz CT molecular complexity index is 3490. The molecule has 0 aromatic heterocycles. The van der Waals surface area contributed by atoms with E-state index in [-0.39, 0.29) is 45.7 Å². The topological polar surface area (TPSA) is 283 Å². The number of rotatable bonds is 13. The standard InChI is InChI=1S/C17H23NO4.C16H23NO2.C15H13NO2.C14H19NO4.C11H11NO2/c1-10(2)15(20)22-9-14(19)18-16(21)17-6-11-3-12(7-17)5-13(4-11)8-17;1-10(2)15(19)17-14(18)9-16-6-11-3-12(7-16)5-13(4-11)8-16;1-10(2)14(17)16-15(18)13-8-7-11-5-3-4-6-12(11)9-13;1-8(2)9(16)15-10(17)14-7-6-13(5,11(18)19-14)12(14,3)4;1-8(2)10(13)12-11(14)9-6-4-3-5-7-9/h11-13H,1,3-9H2,2H3,(H,18,19,21);11-13H,1,3-9H2,2H3,(H,17,18,19);3-9H,1H2,2H3,(H,16,17,18);1,6-7H2,2-5H3,(H,15,16,17);3-7H,1H2,2H3,(H,12,13,14). The van der Waals surface area contributed by atoms with Gasteiger partial charge in [-0.1, -0.05) is 95.3 Å². The summed E-state index contributed by atoms with van der Waals surface area (Å²) in [6, 6.07) is 21.6. The summed E-state index contributed by atoms with van der Waals surface area (Å²) in [5.74, 6) is -0.425. The van der Waals surface area contributed by atoms with Crippen LogP contribution in [-0.4, -0.2) is 83.2 Å². The first kappa shape index (κ1) is 70.7. The van der Waals surface area contributed by atoms with Crippen molar-refractivity contribution >= 4 is 81.8 Å². The first-order chi connectivity index (χ1) is 43.1. The Morgan fingerprint density at radius 1 is 0.478 bits per heavy atom. The molecule has 10 amide bonds. The lowest BCUT2D eigenvalue weighted by Gasteiger charge is -2.56. The number of imide groups is 5. The van der Waals surface area contributed by atoms with Crippen LogP contribution in [0.25, 0.3) is 10.8 Å². The number of carbonyl (C=O) groups excluding carboxylic acids is 12. The number of hydrogen-bond donors (Lipinski definition) is 5. The number of amides is 10. The molecule has 1 saturated heterocycles. The van der Waals surface area contributed by atoms with Crippen LogP contribution in [0.4, 0.5) is 0 Å². The lowest BCUT2D eigenvalue weighted by molar-refractivity contribution is -0.168. The van der Waals surface area contributed by atoms with Gasteiger partial charge in [0, 0.05) is 50.8 Å². The second kappa shape index (κ2) is 28.8. The zero-order chi connectivity index (χ0) is 67.8. The summed E-state index contributed by atoms with van der Waals surface area (Å²) in [6.07, 6.45) is 15.8. The van der Waals surface area contributed by atoms with Gasteiger partial charge in [-0.25, -0.2) is 4.79 Å². The second-order valence-corrected chi connectivity index (χ2v) is 28.0. The molecule has 490 valence electrons. The summed E-state index contributed by atoms with van der Waals surface area (Å²) >= 11 is 0. The van der Waals surface area contributed by atoms with Gasteiger partial charge < -0.3 is 9.47 Å². The summed E-state index contributed by atoms with van der Waals surface area (Å²) < 4.78 is 10.2. The summed E-state index contributed by atoms with van der Waals surface area (Å²) in [5.41, 5.74) is -0.288. The van der Waals surface area contributed by atoms with Crippen molar-refractivity contribution in [3.05, 3.63) is 145 Å². The van der Waals surface area contributed by atoms with Gasteiger partial charge in [-0.3, -0.25) is 79.3 Å². The summed E-state index contributed by atoms with van der Waals surface area (Å²) in [4.78, 5) is 141. The SMILES string of the molecule is C=C(C)C(=O)NC(=O)C12CCC(C)(C(=O)O1)C2(C)C.C=C(C)C(=O)NC(=O)CC12CC3CC(CC(C3)C1)C2.C=C(C)C(=O)NC(=O)c1ccc2ccccc2c1.C=C(C)C(=O)NC(=O)c1ccccc1.C=C(C)C(=O)OCC(=O)NC(=O)C12CC3CC(CC(C3)C1)C2. The average molecular weight is 1260 g/mol. The molecule has 3 aromatic carbocycles. The molecule has 19 nitrogen and oxygen atoms in total. The van der Waals surface area contributed by atoms with E-state index in [0.29, 0.717) is 64.9 Å². The van der Waals surface area contributed by atoms with Crippen LogP contribution in [0.2, 0.25) is 0 Å². The molecule has 2 atom stereocenters. The van der Waals surface area contributed by atoms with Gasteiger partial charge in [-0.05, 0) is 207 Å². The second-order valence-electron chi connectivity index (χ2n) is 28.0. The summed E-state index contributed by atoms with van der Waals surface area (Å²) in [7, 11) is 0. The molecule has 0 spiro atoms. The van der Waals surface area contributed by atoms with Crippen LogP contribution in [-0.2, 0) is 57.4 Å². The van der Waals surface area contributed by atoms with Crippen LogP contribution >= 0.6 is 0 Å². The van der Waals surface area contributed by atoms with Gasteiger partial charge in [0.2, 0.25) is 11.8 Å². The zero-order valence-electron chi connectivity index (χ0n) is 54.5. The van der Waals surface area contributed by atoms with Crippen LogP contribution in [0.5, 0.6) is 0 Å². The van der Waals surface area contributed by atoms with Crippen molar-refractivity contribution in [2.75, 3.05) is 6.61 Å². The van der Waals surface area contributed by atoms with E-state index in [1.807, 2.05) is 51.1 Å². The van der Waals surface area contributed by atoms with E-state index in [2.05, 4.69) is 59.5 Å². The number of carbonyl (C=O) groups is 12. The molecule has 9 saturated carbocycles.